The van der Waals surface area contributed by atoms with E-state index >= 15 is 0 Å². The molecule has 0 saturated heterocycles. The molecule has 6 heteroatoms. The maximum atomic E-state index is 11.9. The summed E-state index contributed by atoms with van der Waals surface area (Å²) in [6.07, 6.45) is 2.10. The van der Waals surface area contributed by atoms with Crippen LogP contribution in [0, 0.1) is 5.41 Å². The Kier molecular flexibility index (Phi) is 4.21. The van der Waals surface area contributed by atoms with Crippen molar-refractivity contribution in [3.8, 4) is 0 Å². The first kappa shape index (κ1) is 14.8. The number of carboxylic acids is 1. The minimum absolute atomic E-state index is 0.146. The van der Waals surface area contributed by atoms with Crippen molar-refractivity contribution in [3.05, 3.63) is 0 Å². The van der Waals surface area contributed by atoms with Crippen molar-refractivity contribution in [1.82, 2.24) is 10.2 Å². The first-order valence-electron chi connectivity index (χ1n) is 6.11. The second-order valence-electron chi connectivity index (χ2n) is 5.63. The zero-order valence-electron chi connectivity index (χ0n) is 11.2. The monoisotopic (exact) mass is 258 g/mol. The van der Waals surface area contributed by atoms with E-state index in [2.05, 4.69) is 5.32 Å². The summed E-state index contributed by atoms with van der Waals surface area (Å²) in [6, 6.07) is -0.360. The van der Waals surface area contributed by atoms with Gasteiger partial charge in [-0.2, -0.15) is 0 Å². The summed E-state index contributed by atoms with van der Waals surface area (Å²) in [5, 5.41) is 20.9. The van der Waals surface area contributed by atoms with Gasteiger partial charge in [-0.25, -0.2) is 4.79 Å². The van der Waals surface area contributed by atoms with E-state index in [0.29, 0.717) is 12.8 Å². The predicted molar refractivity (Wildman–Crippen MR) is 66.2 cm³/mol. The molecule has 104 valence electrons. The maximum Gasteiger partial charge on any atom is 0.317 e. The lowest BCUT2D eigenvalue weighted by atomic mass is 9.69. The van der Waals surface area contributed by atoms with Crippen LogP contribution in [0.2, 0.25) is 0 Å². The number of nitrogens with zero attached hydrogens (tertiary/aromatic N) is 1. The molecule has 0 heterocycles. The highest BCUT2D eigenvalue weighted by molar-refractivity contribution is 5.79. The minimum Gasteiger partial charge on any atom is -0.481 e. The smallest absolute Gasteiger partial charge is 0.317 e. The first-order valence-corrected chi connectivity index (χ1v) is 6.11. The van der Waals surface area contributed by atoms with E-state index in [-0.39, 0.29) is 19.2 Å². The van der Waals surface area contributed by atoms with Gasteiger partial charge in [0.15, 0.2) is 0 Å². The molecular formula is C12H22N2O4. The molecule has 0 spiro atoms. The zero-order chi connectivity index (χ0) is 14.0. The number of aliphatic hydroxyl groups excluding tert-OH is 1. The van der Waals surface area contributed by atoms with Crippen LogP contribution in [0.1, 0.15) is 33.1 Å². The van der Waals surface area contributed by atoms with Crippen molar-refractivity contribution in [2.24, 2.45) is 5.41 Å². The fourth-order valence-corrected chi connectivity index (χ4v) is 1.81. The zero-order valence-corrected chi connectivity index (χ0v) is 11.2. The maximum absolute atomic E-state index is 11.9. The molecule has 0 atom stereocenters. The third-order valence-corrected chi connectivity index (χ3v) is 3.94. The van der Waals surface area contributed by atoms with Crippen molar-refractivity contribution in [2.75, 3.05) is 20.2 Å². The summed E-state index contributed by atoms with van der Waals surface area (Å²) in [4.78, 5) is 24.4. The Morgan fingerprint density at radius 2 is 1.94 bits per heavy atom. The lowest BCUT2D eigenvalue weighted by Gasteiger charge is -2.39. The Hall–Kier alpha value is -1.30. The van der Waals surface area contributed by atoms with Crippen molar-refractivity contribution < 1.29 is 19.8 Å². The molecule has 0 bridgehead atoms. The van der Waals surface area contributed by atoms with E-state index in [1.807, 2.05) is 0 Å². The van der Waals surface area contributed by atoms with Crippen molar-refractivity contribution >= 4 is 12.0 Å². The van der Waals surface area contributed by atoms with Gasteiger partial charge in [0.2, 0.25) is 0 Å². The molecule has 2 amide bonds. The summed E-state index contributed by atoms with van der Waals surface area (Å²) in [5.41, 5.74) is -1.46. The van der Waals surface area contributed by atoms with Crippen LogP contribution in [0.5, 0.6) is 0 Å². The predicted octanol–water partition coefficient (Wildman–Crippen LogP) is 0.654. The van der Waals surface area contributed by atoms with Gasteiger partial charge in [-0.15, -0.1) is 0 Å². The highest BCUT2D eigenvalue weighted by Crippen LogP contribution is 2.40. The summed E-state index contributed by atoms with van der Waals surface area (Å²) in [6.45, 7) is 3.47. The molecule has 18 heavy (non-hydrogen) atoms. The number of likely N-dealkylation sites (N-methyl/N-ethyl adjacent to an activating group) is 1. The molecule has 0 aromatic rings. The fraction of sp³-hybridized carbons (Fsp3) is 0.833. The van der Waals surface area contributed by atoms with Crippen molar-refractivity contribution in [3.63, 3.8) is 0 Å². The van der Waals surface area contributed by atoms with Gasteiger partial charge in [-0.3, -0.25) is 4.79 Å². The van der Waals surface area contributed by atoms with Gasteiger partial charge in [0.25, 0.3) is 0 Å². The third-order valence-electron chi connectivity index (χ3n) is 3.94. The largest absolute Gasteiger partial charge is 0.481 e. The Balaban J connectivity index is 2.53. The van der Waals surface area contributed by atoms with E-state index in [9.17, 15) is 14.7 Å². The van der Waals surface area contributed by atoms with Crippen LogP contribution >= 0.6 is 0 Å². The molecule has 1 aliphatic rings. The standard InChI is InChI=1S/C12H22N2O4/c1-11(2,8-15)14(3)10(18)13-7-12(9(16)17)5-4-6-12/h15H,4-8H2,1-3H3,(H,13,18)(H,16,17). The third kappa shape index (κ3) is 2.75. The number of aliphatic hydroxyl groups is 1. The summed E-state index contributed by atoms with van der Waals surface area (Å²) in [7, 11) is 1.58. The number of hydrogen-bond acceptors (Lipinski definition) is 3. The van der Waals surface area contributed by atoms with Gasteiger partial charge < -0.3 is 20.4 Å². The van der Waals surface area contributed by atoms with Crippen molar-refractivity contribution in [2.45, 2.75) is 38.6 Å². The van der Waals surface area contributed by atoms with Gasteiger partial charge in [0.05, 0.1) is 17.6 Å². The van der Waals surface area contributed by atoms with Crippen LogP contribution < -0.4 is 5.32 Å². The van der Waals surface area contributed by atoms with Crippen LogP contribution in [-0.4, -0.2) is 52.9 Å². The quantitative estimate of drug-likeness (QED) is 0.675. The fourth-order valence-electron chi connectivity index (χ4n) is 1.81. The molecule has 3 N–H and O–H groups in total. The van der Waals surface area contributed by atoms with Gasteiger partial charge in [-0.05, 0) is 26.7 Å². The second kappa shape index (κ2) is 5.14. The highest BCUT2D eigenvalue weighted by atomic mass is 16.4. The SMILES string of the molecule is CN(C(=O)NCC1(C(=O)O)CCC1)C(C)(C)CO. The number of carboxylic acid groups (broad SMARTS) is 1. The topological polar surface area (TPSA) is 89.9 Å². The summed E-state index contributed by atoms with van der Waals surface area (Å²) in [5.74, 6) is -0.849. The average Bonchev–Trinajstić information content (AvgIpc) is 2.25. The normalized spacial score (nSPS) is 17.8. The van der Waals surface area contributed by atoms with E-state index in [0.717, 1.165) is 6.42 Å². The molecule has 0 aromatic heterocycles. The van der Waals surface area contributed by atoms with Gasteiger partial charge >= 0.3 is 12.0 Å². The van der Waals surface area contributed by atoms with Crippen molar-refractivity contribution in [1.29, 1.82) is 0 Å². The number of nitrogens with one attached hydrogen (secondary N) is 1. The van der Waals surface area contributed by atoms with Crippen LogP contribution in [0.4, 0.5) is 4.79 Å². The summed E-state index contributed by atoms with van der Waals surface area (Å²) < 4.78 is 0. The molecule has 1 rings (SSSR count). The molecule has 1 aliphatic carbocycles. The highest BCUT2D eigenvalue weighted by Gasteiger charge is 2.44. The second-order valence-corrected chi connectivity index (χ2v) is 5.63. The number of hydrogen-bond donors (Lipinski definition) is 3. The first-order chi connectivity index (χ1) is 8.25. The lowest BCUT2D eigenvalue weighted by molar-refractivity contribution is -0.153. The lowest BCUT2D eigenvalue weighted by Crippen LogP contribution is -2.55. The Morgan fingerprint density at radius 3 is 2.28 bits per heavy atom. The Bertz CT molecular complexity index is 337. The van der Waals surface area contributed by atoms with E-state index in [1.54, 1.807) is 20.9 Å². The Labute approximate surface area is 107 Å². The van der Waals surface area contributed by atoms with E-state index in [1.165, 1.54) is 4.90 Å². The molecular weight excluding hydrogens is 236 g/mol. The Morgan fingerprint density at radius 1 is 1.39 bits per heavy atom. The number of carbonyl (C=O) groups excluding carboxylic acids is 1. The van der Waals surface area contributed by atoms with Crippen LogP contribution in [0.3, 0.4) is 0 Å². The minimum atomic E-state index is -0.849. The van der Waals surface area contributed by atoms with Gasteiger partial charge in [0.1, 0.15) is 0 Å². The number of aliphatic carboxylic acids is 1. The number of urea groups is 1. The molecule has 0 radical (unpaired) electrons. The molecule has 0 aromatic carbocycles. The average molecular weight is 258 g/mol. The molecule has 6 nitrogen and oxygen atoms in total. The number of carbonyl (C=O) groups is 2. The van der Waals surface area contributed by atoms with Crippen LogP contribution in [0.25, 0.3) is 0 Å². The number of amides is 2. The van der Waals surface area contributed by atoms with Gasteiger partial charge in [-0.1, -0.05) is 6.42 Å². The van der Waals surface area contributed by atoms with Crippen LogP contribution in [-0.2, 0) is 4.79 Å². The molecule has 0 unspecified atom stereocenters. The molecule has 0 aliphatic heterocycles. The summed E-state index contributed by atoms with van der Waals surface area (Å²) >= 11 is 0. The van der Waals surface area contributed by atoms with E-state index < -0.39 is 16.9 Å². The molecule has 1 fully saturated rings. The van der Waals surface area contributed by atoms with Gasteiger partial charge in [0, 0.05) is 13.6 Å². The number of rotatable bonds is 5. The van der Waals surface area contributed by atoms with E-state index in [4.69, 9.17) is 5.11 Å². The van der Waals surface area contributed by atoms with Crippen LogP contribution in [0.15, 0.2) is 0 Å². The molecule has 1 saturated carbocycles.